The van der Waals surface area contributed by atoms with Gasteiger partial charge in [0.1, 0.15) is 0 Å². The molecule has 74 valence electrons. The molecule has 0 fully saturated rings. The van der Waals surface area contributed by atoms with Crippen LogP contribution in [0, 0.1) is 5.41 Å². The smallest absolute Gasteiger partial charge is 0.347 e. The number of hydrogen-bond donors (Lipinski definition) is 2. The second-order valence-electron chi connectivity index (χ2n) is 2.85. The zero-order valence-electron chi connectivity index (χ0n) is 7.75. The van der Waals surface area contributed by atoms with E-state index in [4.69, 9.17) is 10.5 Å². The molecule has 0 saturated carbocycles. The maximum Gasteiger partial charge on any atom is 0.347 e. The highest BCUT2D eigenvalue weighted by molar-refractivity contribution is 6.01. The van der Waals surface area contributed by atoms with Crippen molar-refractivity contribution in [2.75, 3.05) is 0 Å². The molecule has 0 bridgehead atoms. The highest BCUT2D eigenvalue weighted by atomic mass is 16.5. The normalized spacial score (nSPS) is 9.86. The molecule has 1 heterocycles. The van der Waals surface area contributed by atoms with E-state index in [-0.39, 0.29) is 16.8 Å². The van der Waals surface area contributed by atoms with Gasteiger partial charge in [0.05, 0.1) is 11.1 Å². The Morgan fingerprint density at radius 3 is 2.43 bits per heavy atom. The van der Waals surface area contributed by atoms with Crippen LogP contribution in [0.15, 0.2) is 15.3 Å². The first-order valence-corrected chi connectivity index (χ1v) is 3.87. The largest absolute Gasteiger partial charge is 0.480 e. The molecular formula is C9H9NO4. The van der Waals surface area contributed by atoms with Crippen molar-refractivity contribution in [3.05, 3.63) is 27.6 Å². The van der Waals surface area contributed by atoms with E-state index in [1.165, 1.54) is 13.8 Å². The third-order valence-electron chi connectivity index (χ3n) is 1.71. The van der Waals surface area contributed by atoms with Crippen molar-refractivity contribution in [2.45, 2.75) is 13.8 Å². The summed E-state index contributed by atoms with van der Waals surface area (Å²) in [4.78, 5) is 22.0. The fourth-order valence-corrected chi connectivity index (χ4v) is 0.976. The fraction of sp³-hybridized carbons (Fsp3) is 0.222. The average molecular weight is 195 g/mol. The van der Waals surface area contributed by atoms with Gasteiger partial charge in [0, 0.05) is 5.71 Å². The molecule has 0 aromatic carbocycles. The second kappa shape index (κ2) is 3.45. The van der Waals surface area contributed by atoms with Crippen LogP contribution in [0.2, 0.25) is 0 Å². The maximum absolute atomic E-state index is 11.1. The third-order valence-corrected chi connectivity index (χ3v) is 1.71. The lowest BCUT2D eigenvalue weighted by molar-refractivity contribution is 0.101. The average Bonchev–Trinajstić information content (AvgIpc) is 2.02. The van der Waals surface area contributed by atoms with Gasteiger partial charge in [0.25, 0.3) is 5.95 Å². The van der Waals surface area contributed by atoms with Crippen molar-refractivity contribution >= 4 is 11.5 Å². The summed E-state index contributed by atoms with van der Waals surface area (Å²) < 4.78 is 4.40. The van der Waals surface area contributed by atoms with Crippen LogP contribution in [0.4, 0.5) is 0 Å². The van der Waals surface area contributed by atoms with Crippen molar-refractivity contribution in [1.82, 2.24) is 0 Å². The van der Waals surface area contributed by atoms with E-state index in [1.807, 2.05) is 0 Å². The van der Waals surface area contributed by atoms with Crippen LogP contribution in [0.25, 0.3) is 0 Å². The maximum atomic E-state index is 11.1. The van der Waals surface area contributed by atoms with Crippen LogP contribution in [-0.2, 0) is 0 Å². The van der Waals surface area contributed by atoms with Gasteiger partial charge in [-0.1, -0.05) is 0 Å². The van der Waals surface area contributed by atoms with Crippen LogP contribution >= 0.6 is 0 Å². The summed E-state index contributed by atoms with van der Waals surface area (Å²) in [6.07, 6.45) is 0. The molecule has 1 rings (SSSR count). The number of hydrogen-bond acceptors (Lipinski definition) is 5. The highest BCUT2D eigenvalue weighted by Gasteiger charge is 2.14. The minimum Gasteiger partial charge on any atom is -0.480 e. The van der Waals surface area contributed by atoms with E-state index in [0.717, 1.165) is 6.07 Å². The fourth-order valence-electron chi connectivity index (χ4n) is 0.976. The number of carbonyl (C=O) groups is 1. The van der Waals surface area contributed by atoms with E-state index >= 15 is 0 Å². The number of Topliss-reactive ketones (excluding diaryl/α,β-unsaturated/α-hetero) is 1. The van der Waals surface area contributed by atoms with E-state index < -0.39 is 17.4 Å². The molecule has 2 N–H and O–H groups in total. The molecule has 0 atom stereocenters. The summed E-state index contributed by atoms with van der Waals surface area (Å²) >= 11 is 0. The number of ketones is 1. The van der Waals surface area contributed by atoms with Crippen LogP contribution in [0.3, 0.4) is 0 Å². The first kappa shape index (κ1) is 10.2. The molecule has 1 aromatic heterocycles. The molecule has 14 heavy (non-hydrogen) atoms. The molecule has 0 saturated heterocycles. The molecule has 5 nitrogen and oxygen atoms in total. The lowest BCUT2D eigenvalue weighted by atomic mass is 10.1. The van der Waals surface area contributed by atoms with Crippen molar-refractivity contribution in [3.63, 3.8) is 0 Å². The monoisotopic (exact) mass is 195 g/mol. The highest BCUT2D eigenvalue weighted by Crippen LogP contribution is 2.15. The standard InChI is InChI=1S/C9H9NO4/c1-4(10)6-3-7(5(2)11)9(13)14-8(6)12/h3,10,13H,1-2H3. The SMILES string of the molecule is CC(=N)c1cc(C(C)=O)c(O)oc1=O. The van der Waals surface area contributed by atoms with Gasteiger partial charge in [-0.3, -0.25) is 4.79 Å². The molecule has 0 radical (unpaired) electrons. The Morgan fingerprint density at radius 2 is 2.00 bits per heavy atom. The van der Waals surface area contributed by atoms with E-state index in [9.17, 15) is 9.59 Å². The van der Waals surface area contributed by atoms with Gasteiger partial charge in [0.15, 0.2) is 5.78 Å². The molecule has 0 aliphatic carbocycles. The van der Waals surface area contributed by atoms with Gasteiger partial charge >= 0.3 is 5.63 Å². The summed E-state index contributed by atoms with van der Waals surface area (Å²) in [5.41, 5.74) is -0.944. The van der Waals surface area contributed by atoms with Gasteiger partial charge in [-0.05, 0) is 19.9 Å². The molecule has 0 amide bonds. The zero-order valence-corrected chi connectivity index (χ0v) is 7.75. The predicted octanol–water partition coefficient (Wildman–Crippen LogP) is 0.936. The summed E-state index contributed by atoms with van der Waals surface area (Å²) in [6.45, 7) is 2.63. The second-order valence-corrected chi connectivity index (χ2v) is 2.85. The van der Waals surface area contributed by atoms with Crippen LogP contribution in [0.1, 0.15) is 29.8 Å². The molecule has 5 heteroatoms. The zero-order chi connectivity index (χ0) is 10.9. The Kier molecular flexibility index (Phi) is 2.51. The van der Waals surface area contributed by atoms with Crippen LogP contribution in [-0.4, -0.2) is 16.6 Å². The quantitative estimate of drug-likeness (QED) is 0.542. The summed E-state index contributed by atoms with van der Waals surface area (Å²) in [7, 11) is 0. The van der Waals surface area contributed by atoms with Gasteiger partial charge in [-0.15, -0.1) is 0 Å². The first-order chi connectivity index (χ1) is 6.43. The molecule has 0 aliphatic heterocycles. The summed E-state index contributed by atoms with van der Waals surface area (Å²) in [6, 6.07) is 1.16. The molecule has 1 aromatic rings. The Hall–Kier alpha value is -1.91. The Morgan fingerprint density at radius 1 is 1.43 bits per heavy atom. The Balaban J connectivity index is 3.50. The van der Waals surface area contributed by atoms with Crippen LogP contribution < -0.4 is 5.63 Å². The summed E-state index contributed by atoms with van der Waals surface area (Å²) in [5, 5.41) is 16.3. The number of aromatic hydroxyl groups is 1. The molecule has 0 spiro atoms. The van der Waals surface area contributed by atoms with E-state index in [2.05, 4.69) is 4.42 Å². The Bertz CT molecular complexity index is 458. The lowest BCUT2D eigenvalue weighted by Gasteiger charge is -2.00. The Labute approximate surface area is 79.5 Å². The van der Waals surface area contributed by atoms with Gasteiger partial charge in [-0.2, -0.15) is 0 Å². The number of carbonyl (C=O) groups excluding carboxylic acids is 1. The minimum absolute atomic E-state index is 0.0127. The van der Waals surface area contributed by atoms with Crippen molar-refractivity contribution < 1.29 is 14.3 Å². The first-order valence-electron chi connectivity index (χ1n) is 3.87. The topological polar surface area (TPSA) is 91.4 Å². The number of nitrogens with one attached hydrogen (secondary N) is 1. The molecule has 0 unspecified atom stereocenters. The van der Waals surface area contributed by atoms with E-state index in [0.29, 0.717) is 0 Å². The van der Waals surface area contributed by atoms with Crippen LogP contribution in [0.5, 0.6) is 5.95 Å². The van der Waals surface area contributed by atoms with Crippen molar-refractivity contribution in [2.24, 2.45) is 0 Å². The number of rotatable bonds is 2. The summed E-state index contributed by atoms with van der Waals surface area (Å²) in [5.74, 6) is -1.12. The van der Waals surface area contributed by atoms with Crippen molar-refractivity contribution in [3.8, 4) is 5.95 Å². The predicted molar refractivity (Wildman–Crippen MR) is 49.2 cm³/mol. The molecule has 0 aliphatic rings. The van der Waals surface area contributed by atoms with Gasteiger partial charge in [-0.25, -0.2) is 4.79 Å². The third kappa shape index (κ3) is 1.71. The molecular weight excluding hydrogens is 186 g/mol. The van der Waals surface area contributed by atoms with Crippen molar-refractivity contribution in [1.29, 1.82) is 5.41 Å². The van der Waals surface area contributed by atoms with Gasteiger partial charge < -0.3 is 14.9 Å². The van der Waals surface area contributed by atoms with E-state index in [1.54, 1.807) is 0 Å². The minimum atomic E-state index is -0.819. The lowest BCUT2D eigenvalue weighted by Crippen LogP contribution is -2.13. The van der Waals surface area contributed by atoms with Gasteiger partial charge in [0.2, 0.25) is 0 Å².